The lowest BCUT2D eigenvalue weighted by molar-refractivity contribution is -0.160. The smallest absolute Gasteiger partial charge is 0.311 e. The van der Waals surface area contributed by atoms with Crippen LogP contribution in [0.1, 0.15) is 72.7 Å². The van der Waals surface area contributed by atoms with Crippen molar-refractivity contribution >= 4 is 17.5 Å². The maximum Gasteiger partial charge on any atom is 0.311 e. The van der Waals surface area contributed by atoms with Crippen LogP contribution < -0.4 is 4.74 Å². The molecule has 1 aromatic carbocycles. The second-order valence-electron chi connectivity index (χ2n) is 8.01. The molecule has 0 aliphatic heterocycles. The van der Waals surface area contributed by atoms with Crippen LogP contribution in [0.4, 0.5) is 0 Å². The number of Topliss-reactive ketones (excluding diaryl/α,β-unsaturated/α-hetero) is 2. The number of ketones is 2. The molecule has 26 heavy (non-hydrogen) atoms. The van der Waals surface area contributed by atoms with Crippen molar-refractivity contribution in [2.24, 2.45) is 11.3 Å². The summed E-state index contributed by atoms with van der Waals surface area (Å²) in [7, 11) is 2.95. The molecule has 0 heterocycles. The van der Waals surface area contributed by atoms with Crippen molar-refractivity contribution in [2.45, 2.75) is 51.9 Å². The van der Waals surface area contributed by atoms with Gasteiger partial charge in [-0.15, -0.1) is 0 Å². The van der Waals surface area contributed by atoms with E-state index in [4.69, 9.17) is 9.47 Å². The number of esters is 1. The Hall–Kier alpha value is -2.17. The summed E-state index contributed by atoms with van der Waals surface area (Å²) in [5.74, 6) is -0.0918. The van der Waals surface area contributed by atoms with E-state index in [9.17, 15) is 14.4 Å². The lowest BCUT2D eigenvalue weighted by atomic mass is 9.49. The van der Waals surface area contributed by atoms with Gasteiger partial charge in [-0.1, -0.05) is 13.3 Å². The molecule has 0 aromatic heterocycles. The normalized spacial score (nSPS) is 30.2. The van der Waals surface area contributed by atoms with E-state index in [1.54, 1.807) is 13.2 Å². The summed E-state index contributed by atoms with van der Waals surface area (Å²) >= 11 is 0. The van der Waals surface area contributed by atoms with E-state index in [2.05, 4.69) is 6.92 Å². The molecule has 1 aromatic rings. The monoisotopic (exact) mass is 358 g/mol. The van der Waals surface area contributed by atoms with Gasteiger partial charge in [0.05, 0.1) is 19.6 Å². The summed E-state index contributed by atoms with van der Waals surface area (Å²) < 4.78 is 10.5. The van der Waals surface area contributed by atoms with Crippen LogP contribution in [0.25, 0.3) is 0 Å². The van der Waals surface area contributed by atoms with Gasteiger partial charge in [0.2, 0.25) is 0 Å². The molecule has 3 atom stereocenters. The predicted octanol–water partition coefficient (Wildman–Crippen LogP) is 3.72. The largest absolute Gasteiger partial charge is 0.497 e. The predicted molar refractivity (Wildman–Crippen MR) is 96.8 cm³/mol. The van der Waals surface area contributed by atoms with E-state index in [0.717, 1.165) is 18.4 Å². The summed E-state index contributed by atoms with van der Waals surface area (Å²) in [5.41, 5.74) is 0.649. The molecule has 5 nitrogen and oxygen atoms in total. The molecule has 0 unspecified atom stereocenters. The van der Waals surface area contributed by atoms with Crippen LogP contribution >= 0.6 is 0 Å². The van der Waals surface area contributed by atoms with Gasteiger partial charge in [-0.05, 0) is 55.7 Å². The molecule has 0 spiro atoms. The van der Waals surface area contributed by atoms with Crippen molar-refractivity contribution in [3.05, 3.63) is 28.8 Å². The molecule has 140 valence electrons. The van der Waals surface area contributed by atoms with Gasteiger partial charge in [-0.25, -0.2) is 0 Å². The molecule has 0 bridgehead atoms. The Kier molecular flexibility index (Phi) is 4.45. The van der Waals surface area contributed by atoms with Crippen molar-refractivity contribution in [1.29, 1.82) is 0 Å². The van der Waals surface area contributed by atoms with Crippen LogP contribution in [0.5, 0.6) is 5.75 Å². The number of hydrogen-bond acceptors (Lipinski definition) is 5. The molecule has 1 fully saturated rings. The van der Waals surface area contributed by atoms with Gasteiger partial charge in [-0.2, -0.15) is 0 Å². The number of benzene rings is 1. The Morgan fingerprint density at radius 3 is 2.42 bits per heavy atom. The highest BCUT2D eigenvalue weighted by Gasteiger charge is 2.57. The second kappa shape index (κ2) is 6.22. The quantitative estimate of drug-likeness (QED) is 0.608. The van der Waals surface area contributed by atoms with Gasteiger partial charge >= 0.3 is 5.97 Å². The number of ether oxygens (including phenoxy) is 2. The number of methoxy groups -OCH3 is 2. The molecule has 0 amide bonds. The van der Waals surface area contributed by atoms with Crippen LogP contribution in [-0.2, 0) is 14.9 Å². The third-order valence-corrected chi connectivity index (χ3v) is 6.59. The van der Waals surface area contributed by atoms with E-state index < -0.39 is 5.41 Å². The molecule has 2 aliphatic carbocycles. The molecule has 3 rings (SSSR count). The summed E-state index contributed by atoms with van der Waals surface area (Å²) in [6.07, 6.45) is 2.67. The second-order valence-corrected chi connectivity index (χ2v) is 8.01. The van der Waals surface area contributed by atoms with Crippen LogP contribution in [0.2, 0.25) is 0 Å². The van der Waals surface area contributed by atoms with Crippen LogP contribution in [0, 0.1) is 11.3 Å². The molecular weight excluding hydrogens is 332 g/mol. The van der Waals surface area contributed by atoms with Gasteiger partial charge in [0.1, 0.15) is 5.75 Å². The summed E-state index contributed by atoms with van der Waals surface area (Å²) in [5, 5.41) is 0. The fraction of sp³-hybridized carbons (Fsp3) is 0.571. The number of fused-ring (bicyclic) bond motifs is 3. The first-order valence-electron chi connectivity index (χ1n) is 9.04. The summed E-state index contributed by atoms with van der Waals surface area (Å²) in [6, 6.07) is 3.51. The van der Waals surface area contributed by atoms with E-state index in [-0.39, 0.29) is 35.3 Å². The standard InChI is InChI=1S/C21H26O5/c1-12(22)14-9-13(25-4)10-15-18(14)16(23)11-17-20(15,2)7-6-8-21(17,3)19(24)26-5/h9-10,17H,6-8,11H2,1-5H3/t17-,20-,21+/m1/s1. The lowest BCUT2D eigenvalue weighted by Crippen LogP contribution is -2.54. The maximum absolute atomic E-state index is 13.1. The molecule has 0 N–H and O–H groups in total. The Morgan fingerprint density at radius 2 is 1.85 bits per heavy atom. The lowest BCUT2D eigenvalue weighted by Gasteiger charge is -2.53. The van der Waals surface area contributed by atoms with Crippen molar-refractivity contribution in [2.75, 3.05) is 14.2 Å². The summed E-state index contributed by atoms with van der Waals surface area (Å²) in [4.78, 5) is 37.8. The molecular formula is C21H26O5. The molecule has 2 aliphatic rings. The van der Waals surface area contributed by atoms with E-state index >= 15 is 0 Å². The van der Waals surface area contributed by atoms with Gasteiger partial charge in [0, 0.05) is 17.5 Å². The Balaban J connectivity index is 2.27. The Labute approximate surface area is 154 Å². The molecule has 1 saturated carbocycles. The fourth-order valence-electron chi connectivity index (χ4n) is 5.17. The summed E-state index contributed by atoms with van der Waals surface area (Å²) in [6.45, 7) is 5.48. The maximum atomic E-state index is 13.1. The number of carbonyl (C=O) groups is 3. The highest BCUT2D eigenvalue weighted by Crippen LogP contribution is 2.58. The Bertz CT molecular complexity index is 796. The molecule has 0 saturated heterocycles. The third-order valence-electron chi connectivity index (χ3n) is 6.59. The molecule has 0 radical (unpaired) electrons. The third kappa shape index (κ3) is 2.48. The van der Waals surface area contributed by atoms with E-state index in [1.165, 1.54) is 14.0 Å². The first-order chi connectivity index (χ1) is 12.2. The fourth-order valence-corrected chi connectivity index (χ4v) is 5.17. The van der Waals surface area contributed by atoms with Crippen LogP contribution in [0.15, 0.2) is 12.1 Å². The minimum absolute atomic E-state index is 0.0765. The highest BCUT2D eigenvalue weighted by molar-refractivity contribution is 6.10. The van der Waals surface area contributed by atoms with Crippen molar-refractivity contribution in [3.8, 4) is 5.75 Å². The zero-order chi connectivity index (χ0) is 19.3. The van der Waals surface area contributed by atoms with Gasteiger partial charge in [0.15, 0.2) is 11.6 Å². The average Bonchev–Trinajstić information content (AvgIpc) is 2.62. The van der Waals surface area contributed by atoms with Crippen LogP contribution in [-0.4, -0.2) is 31.8 Å². The van der Waals surface area contributed by atoms with E-state index in [0.29, 0.717) is 23.3 Å². The minimum atomic E-state index is -0.714. The van der Waals surface area contributed by atoms with Gasteiger partial charge < -0.3 is 9.47 Å². The number of carbonyl (C=O) groups excluding carboxylic acids is 3. The average molecular weight is 358 g/mol. The number of hydrogen-bond donors (Lipinski definition) is 0. The zero-order valence-electron chi connectivity index (χ0n) is 16.1. The number of rotatable bonds is 3. The topological polar surface area (TPSA) is 69.7 Å². The SMILES string of the molecule is COC(=O)[C@@]1(C)CCC[C@]2(C)c3cc(OC)cc(C(C)=O)c3C(=O)C[C@@H]12. The van der Waals surface area contributed by atoms with Crippen molar-refractivity contribution in [1.82, 2.24) is 0 Å². The Morgan fingerprint density at radius 1 is 1.15 bits per heavy atom. The van der Waals surface area contributed by atoms with Gasteiger partial charge in [0.25, 0.3) is 0 Å². The first kappa shape index (κ1) is 18.6. The minimum Gasteiger partial charge on any atom is -0.497 e. The van der Waals surface area contributed by atoms with Gasteiger partial charge in [-0.3, -0.25) is 14.4 Å². The van der Waals surface area contributed by atoms with Crippen molar-refractivity contribution in [3.63, 3.8) is 0 Å². The van der Waals surface area contributed by atoms with Crippen molar-refractivity contribution < 1.29 is 23.9 Å². The van der Waals surface area contributed by atoms with Crippen LogP contribution in [0.3, 0.4) is 0 Å². The molecule has 5 heteroatoms. The zero-order valence-corrected chi connectivity index (χ0v) is 16.1. The first-order valence-corrected chi connectivity index (χ1v) is 9.04. The van der Waals surface area contributed by atoms with E-state index in [1.807, 2.05) is 13.0 Å². The highest BCUT2D eigenvalue weighted by atomic mass is 16.5.